The molecular formula is C21H20F3N3O. The van der Waals surface area contributed by atoms with Gasteiger partial charge in [0.2, 0.25) is 0 Å². The van der Waals surface area contributed by atoms with E-state index in [9.17, 15) is 18.0 Å². The van der Waals surface area contributed by atoms with Crippen molar-refractivity contribution in [3.05, 3.63) is 77.6 Å². The van der Waals surface area contributed by atoms with Gasteiger partial charge in [-0.05, 0) is 55.0 Å². The number of carbonyl (C=O) groups is 1. The second kappa shape index (κ2) is 7.42. The number of aryl methyl sites for hydroxylation is 1. The third kappa shape index (κ3) is 4.03. The number of amides is 1. The highest BCUT2D eigenvalue weighted by Gasteiger charge is 2.34. The summed E-state index contributed by atoms with van der Waals surface area (Å²) in [6.07, 6.45) is -0.907. The summed E-state index contributed by atoms with van der Waals surface area (Å²) in [5, 5.41) is 2.40. The van der Waals surface area contributed by atoms with Crippen molar-refractivity contribution in [3.63, 3.8) is 0 Å². The van der Waals surface area contributed by atoms with E-state index in [4.69, 9.17) is 0 Å². The summed E-state index contributed by atoms with van der Waals surface area (Å²) in [6.45, 7) is 1.90. The maximum atomic E-state index is 13.5. The smallest absolute Gasteiger partial charge is 0.378 e. The molecule has 3 aromatic rings. The van der Waals surface area contributed by atoms with Crippen LogP contribution >= 0.6 is 0 Å². The Morgan fingerprint density at radius 2 is 1.71 bits per heavy atom. The molecule has 3 rings (SSSR count). The molecule has 7 heteroatoms. The van der Waals surface area contributed by atoms with Gasteiger partial charge in [-0.3, -0.25) is 4.79 Å². The lowest BCUT2D eigenvalue weighted by Gasteiger charge is -2.19. The minimum absolute atomic E-state index is 0.272. The summed E-state index contributed by atoms with van der Waals surface area (Å²) in [7, 11) is 3.31. The highest BCUT2D eigenvalue weighted by Crippen LogP contribution is 2.37. The van der Waals surface area contributed by atoms with Crippen molar-refractivity contribution in [1.82, 2.24) is 4.57 Å². The van der Waals surface area contributed by atoms with Gasteiger partial charge >= 0.3 is 6.18 Å². The van der Waals surface area contributed by atoms with Crippen molar-refractivity contribution in [1.29, 1.82) is 0 Å². The first-order chi connectivity index (χ1) is 13.2. The Morgan fingerprint density at radius 1 is 1.04 bits per heavy atom. The molecule has 1 heterocycles. The number of anilines is 2. The molecule has 1 amide bonds. The number of carbonyl (C=O) groups excluding carboxylic acids is 1. The number of aromatic nitrogens is 1. The van der Waals surface area contributed by atoms with Crippen LogP contribution in [-0.4, -0.2) is 24.6 Å². The van der Waals surface area contributed by atoms with E-state index in [0.29, 0.717) is 5.69 Å². The third-order valence-corrected chi connectivity index (χ3v) is 4.43. The van der Waals surface area contributed by atoms with Crippen LogP contribution < -0.4 is 10.2 Å². The second-order valence-electron chi connectivity index (χ2n) is 6.67. The molecule has 0 aliphatic rings. The molecule has 0 aliphatic carbocycles. The fourth-order valence-electron chi connectivity index (χ4n) is 2.87. The van der Waals surface area contributed by atoms with Crippen LogP contribution in [0.2, 0.25) is 0 Å². The highest BCUT2D eigenvalue weighted by molar-refractivity contribution is 6.05. The minimum atomic E-state index is -4.59. The average Bonchev–Trinajstić information content (AvgIpc) is 3.15. The largest absolute Gasteiger partial charge is 0.418 e. The first-order valence-corrected chi connectivity index (χ1v) is 8.61. The average molecular weight is 387 g/mol. The molecule has 1 N–H and O–H groups in total. The van der Waals surface area contributed by atoms with Gasteiger partial charge in [0.15, 0.2) is 0 Å². The standard InChI is InChI=1S/C21H20F3N3O/c1-14-6-7-15(12-19(14)27-10-4-5-11-27)20(28)25-18-9-8-16(26(2)3)13-17(18)21(22,23)24/h4-13H,1-3H3,(H,25,28). The summed E-state index contributed by atoms with van der Waals surface area (Å²) in [5.74, 6) is -0.600. The van der Waals surface area contributed by atoms with E-state index in [2.05, 4.69) is 5.32 Å². The van der Waals surface area contributed by atoms with Crippen molar-refractivity contribution < 1.29 is 18.0 Å². The summed E-state index contributed by atoms with van der Waals surface area (Å²) in [6, 6.07) is 12.6. The third-order valence-electron chi connectivity index (χ3n) is 4.43. The first-order valence-electron chi connectivity index (χ1n) is 8.61. The number of nitrogens with one attached hydrogen (secondary N) is 1. The summed E-state index contributed by atoms with van der Waals surface area (Å²) < 4.78 is 42.3. The van der Waals surface area contributed by atoms with Crippen molar-refractivity contribution >= 4 is 17.3 Å². The van der Waals surface area contributed by atoms with Gasteiger partial charge < -0.3 is 14.8 Å². The molecule has 0 bridgehead atoms. The van der Waals surface area contributed by atoms with Crippen LogP contribution in [0.4, 0.5) is 24.5 Å². The molecule has 0 aliphatic heterocycles. The van der Waals surface area contributed by atoms with Crippen LogP contribution in [0, 0.1) is 6.92 Å². The van der Waals surface area contributed by atoms with Gasteiger partial charge in [0.05, 0.1) is 11.3 Å². The van der Waals surface area contributed by atoms with Crippen molar-refractivity contribution in [3.8, 4) is 5.69 Å². The zero-order valence-corrected chi connectivity index (χ0v) is 15.7. The van der Waals surface area contributed by atoms with Crippen molar-refractivity contribution in [2.45, 2.75) is 13.1 Å². The lowest BCUT2D eigenvalue weighted by molar-refractivity contribution is -0.136. The lowest BCUT2D eigenvalue weighted by Crippen LogP contribution is -2.18. The normalized spacial score (nSPS) is 11.4. The number of hydrogen-bond acceptors (Lipinski definition) is 2. The molecule has 0 fully saturated rings. The molecule has 0 atom stereocenters. The molecule has 2 aromatic carbocycles. The Balaban J connectivity index is 1.95. The van der Waals surface area contributed by atoms with Gasteiger partial charge in [0.1, 0.15) is 0 Å². The monoisotopic (exact) mass is 387 g/mol. The highest BCUT2D eigenvalue weighted by atomic mass is 19.4. The summed E-state index contributed by atoms with van der Waals surface area (Å²) in [4.78, 5) is 14.2. The number of nitrogens with zero attached hydrogens (tertiary/aromatic N) is 2. The van der Waals surface area contributed by atoms with E-state index in [1.54, 1.807) is 37.2 Å². The molecule has 0 spiro atoms. The van der Waals surface area contributed by atoms with E-state index in [1.807, 2.05) is 36.0 Å². The number of halogens is 3. The molecule has 4 nitrogen and oxygen atoms in total. The van der Waals surface area contributed by atoms with Gasteiger partial charge in [-0.25, -0.2) is 0 Å². The predicted octanol–water partition coefficient (Wildman–Crippen LogP) is 5.12. The molecule has 146 valence electrons. The number of rotatable bonds is 4. The Hall–Kier alpha value is -3.22. The predicted molar refractivity (Wildman–Crippen MR) is 104 cm³/mol. The number of alkyl halides is 3. The molecule has 28 heavy (non-hydrogen) atoms. The van der Waals surface area contributed by atoms with Crippen molar-refractivity contribution in [2.75, 3.05) is 24.3 Å². The van der Waals surface area contributed by atoms with E-state index >= 15 is 0 Å². The first kappa shape index (κ1) is 19.5. The SMILES string of the molecule is Cc1ccc(C(=O)Nc2ccc(N(C)C)cc2C(F)(F)F)cc1-n1cccc1. The zero-order valence-electron chi connectivity index (χ0n) is 15.7. The van der Waals surface area contributed by atoms with E-state index < -0.39 is 17.6 Å². The van der Waals surface area contributed by atoms with Crippen LogP contribution in [0.3, 0.4) is 0 Å². The summed E-state index contributed by atoms with van der Waals surface area (Å²) in [5.41, 5.74) is 1.25. The number of hydrogen-bond donors (Lipinski definition) is 1. The Labute approximate surface area is 161 Å². The van der Waals surface area contributed by atoms with Gasteiger partial charge in [-0.1, -0.05) is 6.07 Å². The molecular weight excluding hydrogens is 367 g/mol. The Bertz CT molecular complexity index is 993. The maximum Gasteiger partial charge on any atom is 0.418 e. The molecule has 0 saturated carbocycles. The Morgan fingerprint density at radius 3 is 2.32 bits per heavy atom. The van der Waals surface area contributed by atoms with Gasteiger partial charge in [-0.2, -0.15) is 13.2 Å². The fourth-order valence-corrected chi connectivity index (χ4v) is 2.87. The fraction of sp³-hybridized carbons (Fsp3) is 0.190. The van der Waals surface area contributed by atoms with Crippen LogP contribution in [0.25, 0.3) is 5.69 Å². The molecule has 0 radical (unpaired) electrons. The van der Waals surface area contributed by atoms with Crippen LogP contribution in [0.5, 0.6) is 0 Å². The van der Waals surface area contributed by atoms with Crippen LogP contribution in [0.15, 0.2) is 60.9 Å². The molecule has 0 saturated heterocycles. The van der Waals surface area contributed by atoms with Crippen LogP contribution in [-0.2, 0) is 6.18 Å². The van der Waals surface area contributed by atoms with E-state index in [1.165, 1.54) is 12.1 Å². The minimum Gasteiger partial charge on any atom is -0.378 e. The molecule has 0 unspecified atom stereocenters. The van der Waals surface area contributed by atoms with Gasteiger partial charge in [0, 0.05) is 43.4 Å². The van der Waals surface area contributed by atoms with Gasteiger partial charge in [-0.15, -0.1) is 0 Å². The maximum absolute atomic E-state index is 13.5. The second-order valence-corrected chi connectivity index (χ2v) is 6.67. The molecule has 1 aromatic heterocycles. The Kier molecular flexibility index (Phi) is 5.18. The zero-order chi connectivity index (χ0) is 20.5. The quantitative estimate of drug-likeness (QED) is 0.674. The number of benzene rings is 2. The van der Waals surface area contributed by atoms with Crippen molar-refractivity contribution in [2.24, 2.45) is 0 Å². The summed E-state index contributed by atoms with van der Waals surface area (Å²) >= 11 is 0. The van der Waals surface area contributed by atoms with Gasteiger partial charge in [0.25, 0.3) is 5.91 Å². The lowest BCUT2D eigenvalue weighted by atomic mass is 10.1. The topological polar surface area (TPSA) is 37.3 Å². The van der Waals surface area contributed by atoms with E-state index in [-0.39, 0.29) is 11.3 Å². The van der Waals surface area contributed by atoms with E-state index in [0.717, 1.165) is 17.3 Å². The van der Waals surface area contributed by atoms with Crippen LogP contribution in [0.1, 0.15) is 21.5 Å².